The maximum atomic E-state index is 13.9. The van der Waals surface area contributed by atoms with Crippen molar-refractivity contribution in [2.45, 2.75) is 39.3 Å². The fourth-order valence-electron chi connectivity index (χ4n) is 4.85. The summed E-state index contributed by atoms with van der Waals surface area (Å²) in [6.45, 7) is 10.2. The van der Waals surface area contributed by atoms with Crippen molar-refractivity contribution in [2.75, 3.05) is 38.5 Å². The minimum absolute atomic E-state index is 0.0450. The van der Waals surface area contributed by atoms with E-state index in [-0.39, 0.29) is 11.4 Å². The van der Waals surface area contributed by atoms with E-state index < -0.39 is 6.04 Å². The van der Waals surface area contributed by atoms with Crippen molar-refractivity contribution in [3.63, 3.8) is 0 Å². The number of hydrazine groups is 1. The van der Waals surface area contributed by atoms with Crippen LogP contribution in [-0.4, -0.2) is 55.9 Å². The first-order chi connectivity index (χ1) is 16.3. The number of nitrogens with one attached hydrogen (secondary N) is 1. The van der Waals surface area contributed by atoms with Gasteiger partial charge in [-0.2, -0.15) is 11.3 Å². The Bertz CT molecular complexity index is 1160. The number of nitrogens with zero attached hydrogens (tertiary/aromatic N) is 2. The van der Waals surface area contributed by atoms with Gasteiger partial charge < -0.3 is 19.1 Å². The Kier molecular flexibility index (Phi) is 5.91. The summed E-state index contributed by atoms with van der Waals surface area (Å²) < 4.78 is 17.5. The molecule has 4 heterocycles. The normalized spacial score (nSPS) is 21.0. The number of amides is 1. The van der Waals surface area contributed by atoms with Crippen molar-refractivity contribution < 1.29 is 19.0 Å². The Morgan fingerprint density at radius 1 is 1.32 bits per heavy atom. The number of ether oxygens (including phenoxy) is 3. The summed E-state index contributed by atoms with van der Waals surface area (Å²) >= 11 is 1.63. The van der Waals surface area contributed by atoms with Crippen LogP contribution in [0.25, 0.3) is 11.8 Å². The molecule has 8 heteroatoms. The van der Waals surface area contributed by atoms with Crippen molar-refractivity contribution in [2.24, 2.45) is 0 Å². The van der Waals surface area contributed by atoms with E-state index in [2.05, 4.69) is 56.7 Å². The molecule has 1 amide bonds. The fraction of sp³-hybridized carbons (Fsp3) is 0.423. The van der Waals surface area contributed by atoms with Crippen LogP contribution in [0.15, 0.2) is 40.1 Å². The van der Waals surface area contributed by atoms with E-state index in [1.165, 1.54) is 5.57 Å². The van der Waals surface area contributed by atoms with Gasteiger partial charge in [0.05, 0.1) is 37.2 Å². The highest BCUT2D eigenvalue weighted by atomic mass is 32.1. The van der Waals surface area contributed by atoms with Crippen molar-refractivity contribution in [1.82, 2.24) is 10.3 Å². The topological polar surface area (TPSA) is 63.3 Å². The number of hydrogen-bond acceptors (Lipinski definition) is 7. The van der Waals surface area contributed by atoms with Crippen LogP contribution in [0.5, 0.6) is 11.5 Å². The molecule has 7 nitrogen and oxygen atoms in total. The van der Waals surface area contributed by atoms with E-state index in [4.69, 9.17) is 14.2 Å². The number of fused-ring (bicyclic) bond motifs is 2. The number of anilines is 1. The van der Waals surface area contributed by atoms with Crippen molar-refractivity contribution in [3.05, 3.63) is 51.2 Å². The van der Waals surface area contributed by atoms with E-state index in [1.54, 1.807) is 18.4 Å². The molecule has 1 atom stereocenters. The molecule has 3 aliphatic heterocycles. The predicted octanol–water partition coefficient (Wildman–Crippen LogP) is 4.31. The zero-order valence-corrected chi connectivity index (χ0v) is 21.1. The summed E-state index contributed by atoms with van der Waals surface area (Å²) in [6.07, 6.45) is 2.10. The number of allylic oxidation sites excluding steroid dienone is 1. The maximum Gasteiger partial charge on any atom is 0.246 e. The quantitative estimate of drug-likeness (QED) is 0.702. The van der Waals surface area contributed by atoms with Crippen LogP contribution in [0.2, 0.25) is 0 Å². The minimum atomic E-state index is -0.505. The lowest BCUT2D eigenvalue weighted by atomic mass is 9.94. The number of carbonyl (C=O) groups is 1. The molecule has 0 bridgehead atoms. The molecular weight excluding hydrogens is 450 g/mol. The highest BCUT2D eigenvalue weighted by molar-refractivity contribution is 7.08. The Morgan fingerprint density at radius 2 is 2.15 bits per heavy atom. The SMILES string of the molecule is COc1cc2c(cc1C=C(C)C)C1=C(CO2)C(C(=O)N2CCOCC2(C)C)NN1c1ccsc1. The summed E-state index contributed by atoms with van der Waals surface area (Å²) in [5, 5.41) is 6.17. The number of methoxy groups -OCH3 is 1. The zero-order valence-electron chi connectivity index (χ0n) is 20.3. The second-order valence-corrected chi connectivity index (χ2v) is 10.5. The van der Waals surface area contributed by atoms with Gasteiger partial charge in [0.2, 0.25) is 5.91 Å². The molecular formula is C26H31N3O4S. The summed E-state index contributed by atoms with van der Waals surface area (Å²) in [5.74, 6) is 1.56. The summed E-state index contributed by atoms with van der Waals surface area (Å²) in [5.41, 5.74) is 9.16. The second-order valence-electron chi connectivity index (χ2n) is 9.71. The van der Waals surface area contributed by atoms with Crippen molar-refractivity contribution in [3.8, 4) is 11.5 Å². The van der Waals surface area contributed by atoms with Gasteiger partial charge in [0.1, 0.15) is 24.1 Å². The molecule has 34 heavy (non-hydrogen) atoms. The Labute approximate surface area is 204 Å². The molecule has 0 radical (unpaired) electrons. The number of benzene rings is 1. The molecule has 1 aromatic heterocycles. The zero-order chi connectivity index (χ0) is 24.0. The first-order valence-corrected chi connectivity index (χ1v) is 12.5. The number of morpholine rings is 1. The van der Waals surface area contributed by atoms with Gasteiger partial charge in [-0.05, 0) is 45.2 Å². The maximum absolute atomic E-state index is 13.9. The van der Waals surface area contributed by atoms with Gasteiger partial charge in [-0.1, -0.05) is 11.6 Å². The molecule has 0 saturated carbocycles. The van der Waals surface area contributed by atoms with E-state index in [1.807, 2.05) is 21.4 Å². The summed E-state index contributed by atoms with van der Waals surface area (Å²) in [4.78, 5) is 15.8. The molecule has 1 saturated heterocycles. The van der Waals surface area contributed by atoms with Gasteiger partial charge in [-0.15, -0.1) is 0 Å². The first kappa shape index (κ1) is 23.0. The molecule has 0 aliphatic carbocycles. The standard InChI is InChI=1S/C26H31N3O4S/c1-16(2)10-17-11-19-22(12-21(17)31-5)33-13-20-23(25(30)28-7-8-32-15-26(28,3)4)27-29(24(19)20)18-6-9-34-14-18/h6,9-12,14,23,27H,7-8,13,15H2,1-5H3. The number of hydrogen-bond donors (Lipinski definition) is 1. The van der Waals surface area contributed by atoms with Crippen LogP contribution >= 0.6 is 11.3 Å². The summed E-state index contributed by atoms with van der Waals surface area (Å²) in [7, 11) is 1.67. The largest absolute Gasteiger partial charge is 0.496 e. The Morgan fingerprint density at radius 3 is 2.82 bits per heavy atom. The van der Waals surface area contributed by atoms with E-state index >= 15 is 0 Å². The lowest BCUT2D eigenvalue weighted by Gasteiger charge is -2.43. The van der Waals surface area contributed by atoms with Crippen molar-refractivity contribution in [1.29, 1.82) is 0 Å². The first-order valence-electron chi connectivity index (χ1n) is 11.5. The van der Waals surface area contributed by atoms with Gasteiger partial charge in [0, 0.05) is 34.7 Å². The van der Waals surface area contributed by atoms with Crippen LogP contribution in [0, 0.1) is 0 Å². The van der Waals surface area contributed by atoms with Gasteiger partial charge >= 0.3 is 0 Å². The van der Waals surface area contributed by atoms with Crippen LogP contribution in [0.4, 0.5) is 5.69 Å². The number of thiophene rings is 1. The molecule has 3 aliphatic rings. The van der Waals surface area contributed by atoms with Crippen LogP contribution in [0.3, 0.4) is 0 Å². The molecule has 2 aromatic rings. The predicted molar refractivity (Wildman–Crippen MR) is 135 cm³/mol. The Hall–Kier alpha value is -2.81. The molecule has 1 aromatic carbocycles. The van der Waals surface area contributed by atoms with E-state index in [0.29, 0.717) is 26.4 Å². The molecule has 1 N–H and O–H groups in total. The highest BCUT2D eigenvalue weighted by Crippen LogP contribution is 2.45. The van der Waals surface area contributed by atoms with Gasteiger partial charge in [-0.3, -0.25) is 9.80 Å². The Balaban J connectivity index is 1.63. The summed E-state index contributed by atoms with van der Waals surface area (Å²) in [6, 6.07) is 5.60. The highest BCUT2D eigenvalue weighted by Gasteiger charge is 2.45. The van der Waals surface area contributed by atoms with Crippen LogP contribution in [-0.2, 0) is 9.53 Å². The average molecular weight is 482 g/mol. The monoisotopic (exact) mass is 481 g/mol. The molecule has 1 unspecified atom stereocenters. The van der Waals surface area contributed by atoms with Crippen LogP contribution < -0.4 is 19.9 Å². The third-order valence-electron chi connectivity index (χ3n) is 6.47. The minimum Gasteiger partial charge on any atom is -0.496 e. The third-order valence-corrected chi connectivity index (χ3v) is 7.14. The number of carbonyl (C=O) groups excluding carboxylic acids is 1. The average Bonchev–Trinajstić information content (AvgIpc) is 3.45. The fourth-order valence-corrected chi connectivity index (χ4v) is 5.47. The lowest BCUT2D eigenvalue weighted by Crippen LogP contribution is -2.60. The molecule has 1 fully saturated rings. The van der Waals surface area contributed by atoms with E-state index in [9.17, 15) is 4.79 Å². The van der Waals surface area contributed by atoms with Crippen molar-refractivity contribution >= 4 is 34.7 Å². The third kappa shape index (κ3) is 3.89. The molecule has 0 spiro atoms. The molecule has 180 valence electrons. The second kappa shape index (κ2) is 8.76. The van der Waals surface area contributed by atoms with Gasteiger partial charge in [0.15, 0.2) is 0 Å². The van der Waals surface area contributed by atoms with Crippen LogP contribution in [0.1, 0.15) is 38.8 Å². The van der Waals surface area contributed by atoms with Gasteiger partial charge in [0.25, 0.3) is 0 Å². The number of rotatable bonds is 4. The van der Waals surface area contributed by atoms with Gasteiger partial charge in [-0.25, -0.2) is 5.43 Å². The molecule has 5 rings (SSSR count). The smallest absolute Gasteiger partial charge is 0.246 e. The van der Waals surface area contributed by atoms with E-state index in [0.717, 1.165) is 39.6 Å². The lowest BCUT2D eigenvalue weighted by molar-refractivity contribution is -0.147.